The number of aromatic nitrogens is 1. The van der Waals surface area contributed by atoms with Crippen molar-refractivity contribution in [2.24, 2.45) is 0 Å². The highest BCUT2D eigenvalue weighted by Gasteiger charge is 2.15. The van der Waals surface area contributed by atoms with E-state index in [1.807, 2.05) is 23.1 Å². The van der Waals surface area contributed by atoms with E-state index in [4.69, 9.17) is 9.47 Å². The molecule has 33 heavy (non-hydrogen) atoms. The molecule has 0 unspecified atom stereocenters. The predicted molar refractivity (Wildman–Crippen MR) is 129 cm³/mol. The molecular formula is C28H32N2O3. The molecule has 1 aromatic heterocycles. The van der Waals surface area contributed by atoms with E-state index in [0.717, 1.165) is 30.6 Å². The summed E-state index contributed by atoms with van der Waals surface area (Å²) in [5, 5.41) is 0. The Labute approximate surface area is 196 Å². The number of carbonyl (C=O) groups is 1. The summed E-state index contributed by atoms with van der Waals surface area (Å²) in [6.45, 7) is 4.78. The molecule has 0 atom stereocenters. The van der Waals surface area contributed by atoms with E-state index in [1.54, 1.807) is 12.4 Å². The summed E-state index contributed by atoms with van der Waals surface area (Å²) in [7, 11) is 0. The third-order valence-corrected chi connectivity index (χ3v) is 5.92. The molecule has 2 bridgehead atoms. The molecule has 0 aliphatic carbocycles. The smallest absolute Gasteiger partial charge is 0.222 e. The van der Waals surface area contributed by atoms with Gasteiger partial charge in [0.2, 0.25) is 5.91 Å². The molecule has 0 spiro atoms. The molecule has 1 aliphatic heterocycles. The fourth-order valence-electron chi connectivity index (χ4n) is 4.20. The number of pyridine rings is 1. The number of aryl methyl sites for hydroxylation is 2. The van der Waals surface area contributed by atoms with Crippen molar-refractivity contribution in [1.29, 1.82) is 0 Å². The second kappa shape index (κ2) is 11.6. The van der Waals surface area contributed by atoms with Crippen molar-refractivity contribution in [2.75, 3.05) is 26.4 Å². The molecule has 1 aliphatic rings. The van der Waals surface area contributed by atoms with Crippen LogP contribution in [0.4, 0.5) is 0 Å². The first kappa shape index (κ1) is 23.0. The van der Waals surface area contributed by atoms with Gasteiger partial charge in [0.1, 0.15) is 12.4 Å². The van der Waals surface area contributed by atoms with E-state index >= 15 is 0 Å². The molecule has 4 rings (SSSR count). The molecule has 2 aromatic carbocycles. The fraction of sp³-hybridized carbons (Fsp3) is 0.357. The van der Waals surface area contributed by atoms with E-state index in [-0.39, 0.29) is 5.91 Å². The molecule has 5 nitrogen and oxygen atoms in total. The Morgan fingerprint density at radius 1 is 1.00 bits per heavy atom. The van der Waals surface area contributed by atoms with E-state index in [0.29, 0.717) is 39.3 Å². The van der Waals surface area contributed by atoms with Crippen molar-refractivity contribution in [1.82, 2.24) is 9.88 Å². The van der Waals surface area contributed by atoms with Crippen LogP contribution in [0, 0.1) is 6.92 Å². The average molecular weight is 445 g/mol. The third kappa shape index (κ3) is 6.90. The number of ether oxygens (including phenoxy) is 2. The second-order valence-electron chi connectivity index (χ2n) is 8.59. The Morgan fingerprint density at radius 2 is 1.85 bits per heavy atom. The number of benzene rings is 2. The standard InChI is InChI=1S/C28H32N2O3/c1-22-8-9-27-26(18-22)20-24-5-2-6-25(19-24)21-30(14-15-32-16-17-33-27)28(31)7-3-4-23-10-12-29-13-11-23/h2,5-6,8-13,18-19H,3-4,7,14-17,20-21H2,1H3. The van der Waals surface area contributed by atoms with E-state index in [1.165, 1.54) is 22.3 Å². The Bertz CT molecular complexity index is 1050. The zero-order valence-corrected chi connectivity index (χ0v) is 19.3. The summed E-state index contributed by atoms with van der Waals surface area (Å²) in [5.74, 6) is 1.08. The number of amides is 1. The third-order valence-electron chi connectivity index (χ3n) is 5.92. The van der Waals surface area contributed by atoms with Crippen LogP contribution in [-0.2, 0) is 28.9 Å². The minimum absolute atomic E-state index is 0.169. The largest absolute Gasteiger partial charge is 0.491 e. The highest BCUT2D eigenvalue weighted by Crippen LogP contribution is 2.24. The SMILES string of the molecule is Cc1ccc2c(c1)Cc1cccc(c1)CN(C(=O)CCCc1ccncc1)CCOCCO2. The first-order valence-electron chi connectivity index (χ1n) is 11.7. The normalized spacial score (nSPS) is 14.6. The summed E-state index contributed by atoms with van der Waals surface area (Å²) in [5.41, 5.74) is 5.97. The van der Waals surface area contributed by atoms with E-state index in [9.17, 15) is 4.79 Å². The summed E-state index contributed by atoms with van der Waals surface area (Å²) < 4.78 is 11.8. The summed E-state index contributed by atoms with van der Waals surface area (Å²) >= 11 is 0. The zero-order chi connectivity index (χ0) is 22.9. The number of rotatable bonds is 4. The lowest BCUT2D eigenvalue weighted by molar-refractivity contribution is -0.132. The van der Waals surface area contributed by atoms with Crippen molar-refractivity contribution in [2.45, 2.75) is 39.2 Å². The number of hydrogen-bond acceptors (Lipinski definition) is 4. The van der Waals surface area contributed by atoms with Crippen LogP contribution < -0.4 is 4.74 Å². The van der Waals surface area contributed by atoms with Crippen LogP contribution in [0.25, 0.3) is 0 Å². The van der Waals surface area contributed by atoms with Gasteiger partial charge in [0.15, 0.2) is 0 Å². The van der Waals surface area contributed by atoms with Crippen molar-refractivity contribution >= 4 is 5.91 Å². The van der Waals surface area contributed by atoms with Crippen LogP contribution in [-0.4, -0.2) is 42.2 Å². The van der Waals surface area contributed by atoms with Crippen molar-refractivity contribution in [3.05, 3.63) is 94.8 Å². The van der Waals surface area contributed by atoms with Crippen molar-refractivity contribution < 1.29 is 14.3 Å². The van der Waals surface area contributed by atoms with Gasteiger partial charge in [-0.15, -0.1) is 0 Å². The highest BCUT2D eigenvalue weighted by atomic mass is 16.5. The van der Waals surface area contributed by atoms with Gasteiger partial charge in [-0.1, -0.05) is 42.0 Å². The van der Waals surface area contributed by atoms with Crippen LogP contribution in [0.2, 0.25) is 0 Å². The number of hydrogen-bond donors (Lipinski definition) is 0. The second-order valence-corrected chi connectivity index (χ2v) is 8.59. The zero-order valence-electron chi connectivity index (χ0n) is 19.3. The molecule has 5 heteroatoms. The summed E-state index contributed by atoms with van der Waals surface area (Å²) in [6, 6.07) is 18.9. The van der Waals surface area contributed by atoms with Crippen LogP contribution in [0.5, 0.6) is 5.75 Å². The molecular weight excluding hydrogens is 412 g/mol. The maximum absolute atomic E-state index is 13.1. The van der Waals surface area contributed by atoms with Crippen LogP contribution in [0.1, 0.15) is 40.7 Å². The molecule has 0 radical (unpaired) electrons. The molecule has 0 saturated heterocycles. The monoisotopic (exact) mass is 444 g/mol. The lowest BCUT2D eigenvalue weighted by Crippen LogP contribution is -2.34. The molecule has 172 valence electrons. The van der Waals surface area contributed by atoms with Gasteiger partial charge in [-0.25, -0.2) is 0 Å². The lowest BCUT2D eigenvalue weighted by Gasteiger charge is -2.24. The number of fused-ring (bicyclic) bond motifs is 3. The van der Waals surface area contributed by atoms with Crippen molar-refractivity contribution in [3.8, 4) is 5.75 Å². The maximum atomic E-state index is 13.1. The Morgan fingerprint density at radius 3 is 2.73 bits per heavy atom. The van der Waals surface area contributed by atoms with Gasteiger partial charge in [-0.05, 0) is 60.2 Å². The molecule has 0 N–H and O–H groups in total. The maximum Gasteiger partial charge on any atom is 0.222 e. The Balaban J connectivity index is 1.46. The lowest BCUT2D eigenvalue weighted by atomic mass is 10.00. The van der Waals surface area contributed by atoms with Gasteiger partial charge in [0.25, 0.3) is 0 Å². The topological polar surface area (TPSA) is 51.7 Å². The van der Waals surface area contributed by atoms with E-state index < -0.39 is 0 Å². The Hall–Kier alpha value is -3.18. The highest BCUT2D eigenvalue weighted by molar-refractivity contribution is 5.76. The van der Waals surface area contributed by atoms with Crippen molar-refractivity contribution in [3.63, 3.8) is 0 Å². The molecule has 2 heterocycles. The number of carbonyl (C=O) groups excluding carboxylic acids is 1. The first-order valence-corrected chi connectivity index (χ1v) is 11.7. The van der Waals surface area contributed by atoms with Gasteiger partial charge in [0.05, 0.1) is 13.2 Å². The quantitative estimate of drug-likeness (QED) is 0.583. The molecule has 1 amide bonds. The average Bonchev–Trinajstić information content (AvgIpc) is 2.82. The van der Waals surface area contributed by atoms with Gasteiger partial charge < -0.3 is 14.4 Å². The van der Waals surface area contributed by atoms with Crippen LogP contribution in [0.3, 0.4) is 0 Å². The van der Waals surface area contributed by atoms with Gasteiger partial charge in [-0.2, -0.15) is 0 Å². The van der Waals surface area contributed by atoms with Crippen LogP contribution >= 0.6 is 0 Å². The molecule has 0 fully saturated rings. The molecule has 3 aromatic rings. The minimum Gasteiger partial charge on any atom is -0.491 e. The van der Waals surface area contributed by atoms with Gasteiger partial charge in [-0.3, -0.25) is 9.78 Å². The van der Waals surface area contributed by atoms with E-state index in [2.05, 4.69) is 48.3 Å². The molecule has 0 saturated carbocycles. The number of nitrogens with zero attached hydrogens (tertiary/aromatic N) is 2. The summed E-state index contributed by atoms with van der Waals surface area (Å²) in [6.07, 6.45) is 6.62. The van der Waals surface area contributed by atoms with Gasteiger partial charge >= 0.3 is 0 Å². The van der Waals surface area contributed by atoms with Gasteiger partial charge in [0, 0.05) is 38.3 Å². The predicted octanol–water partition coefficient (Wildman–Crippen LogP) is 4.74. The summed E-state index contributed by atoms with van der Waals surface area (Å²) in [4.78, 5) is 19.0. The first-order chi connectivity index (χ1) is 16.2. The Kier molecular flexibility index (Phi) is 8.09. The van der Waals surface area contributed by atoms with Crippen LogP contribution in [0.15, 0.2) is 67.0 Å². The minimum atomic E-state index is 0.169. The fourth-order valence-corrected chi connectivity index (χ4v) is 4.20.